The van der Waals surface area contributed by atoms with Crippen molar-refractivity contribution < 1.29 is 24.3 Å². The predicted octanol–water partition coefficient (Wildman–Crippen LogP) is -1.55. The van der Waals surface area contributed by atoms with Crippen LogP contribution in [-0.4, -0.2) is 64.3 Å². The summed E-state index contributed by atoms with van der Waals surface area (Å²) >= 11 is 0. The van der Waals surface area contributed by atoms with Crippen molar-refractivity contribution in [3.8, 4) is 0 Å². The summed E-state index contributed by atoms with van der Waals surface area (Å²) in [6.45, 7) is 2.83. The molecule has 8 nitrogen and oxygen atoms in total. The molecule has 0 aromatic carbocycles. The number of carbonyl (C=O) groups is 3. The van der Waals surface area contributed by atoms with E-state index in [-0.39, 0.29) is 19.7 Å². The van der Waals surface area contributed by atoms with Crippen LogP contribution in [0.2, 0.25) is 0 Å². The number of imide groups is 1. The molecule has 1 atom stereocenters. The largest absolute Gasteiger partial charge is 0.389 e. The average Bonchev–Trinajstić information content (AvgIpc) is 2.77. The Hall–Kier alpha value is -1.67. The number of aliphatic hydroxyl groups is 1. The summed E-state index contributed by atoms with van der Waals surface area (Å²) in [6, 6.07) is -0.599. The third kappa shape index (κ3) is 2.16. The molecule has 0 unspecified atom stereocenters. The second-order valence-electron chi connectivity index (χ2n) is 4.85. The van der Waals surface area contributed by atoms with Gasteiger partial charge < -0.3 is 10.4 Å². The fourth-order valence-electron chi connectivity index (χ4n) is 1.82. The van der Waals surface area contributed by atoms with Crippen molar-refractivity contribution in [2.75, 3.05) is 19.7 Å². The molecule has 0 aromatic heterocycles. The van der Waals surface area contributed by atoms with Crippen LogP contribution in [-0.2, 0) is 14.4 Å². The molecule has 18 heavy (non-hydrogen) atoms. The number of carbonyl (C=O) groups excluding carboxylic acids is 3. The quantitative estimate of drug-likeness (QED) is 0.584. The first kappa shape index (κ1) is 12.8. The third-order valence-electron chi connectivity index (χ3n) is 2.82. The molecule has 0 saturated carbocycles. The van der Waals surface area contributed by atoms with Crippen molar-refractivity contribution in [1.29, 1.82) is 0 Å². The lowest BCUT2D eigenvalue weighted by molar-refractivity contribution is -0.170. The van der Waals surface area contributed by atoms with Gasteiger partial charge in [-0.15, -0.1) is 0 Å². The number of nitrogens with one attached hydrogen (secondary N) is 1. The molecule has 2 saturated heterocycles. The minimum atomic E-state index is -0.997. The average molecular weight is 257 g/mol. The van der Waals surface area contributed by atoms with Crippen LogP contribution < -0.4 is 5.32 Å². The van der Waals surface area contributed by atoms with E-state index in [1.54, 1.807) is 13.8 Å². The van der Waals surface area contributed by atoms with E-state index in [2.05, 4.69) is 5.32 Å². The van der Waals surface area contributed by atoms with Gasteiger partial charge in [0.25, 0.3) is 11.8 Å². The van der Waals surface area contributed by atoms with Gasteiger partial charge in [0.2, 0.25) is 0 Å². The second-order valence-corrected chi connectivity index (χ2v) is 4.85. The summed E-state index contributed by atoms with van der Waals surface area (Å²) in [5, 5.41) is 12.7. The van der Waals surface area contributed by atoms with Gasteiger partial charge in [0.15, 0.2) is 0 Å². The minimum Gasteiger partial charge on any atom is -0.389 e. The molecule has 0 spiro atoms. The lowest BCUT2D eigenvalue weighted by atomic mass is 10.1. The number of β-amino-alcohol motifs (C(OH)–C–C–N with tert-alkyl or cyclic N) is 1. The number of urea groups is 1. The molecule has 2 aliphatic rings. The van der Waals surface area contributed by atoms with Gasteiger partial charge in [-0.3, -0.25) is 19.3 Å². The van der Waals surface area contributed by atoms with Crippen molar-refractivity contribution in [3.05, 3.63) is 0 Å². The standard InChI is InChI=1S/C10H15N3O5/c1-10(2)8(16)12(9(17)11-10)4-7(15)13-3-6(14)5-18-13/h6,14H,3-5H2,1-2H3,(H,11,17)/t6-/m1/s1. The van der Waals surface area contributed by atoms with E-state index in [0.29, 0.717) is 0 Å². The van der Waals surface area contributed by atoms with E-state index < -0.39 is 29.5 Å². The van der Waals surface area contributed by atoms with E-state index in [0.717, 1.165) is 9.96 Å². The molecule has 2 fully saturated rings. The van der Waals surface area contributed by atoms with Gasteiger partial charge in [-0.25, -0.2) is 9.86 Å². The molecule has 100 valence electrons. The van der Waals surface area contributed by atoms with Gasteiger partial charge in [-0.2, -0.15) is 0 Å². The van der Waals surface area contributed by atoms with E-state index in [1.807, 2.05) is 0 Å². The Morgan fingerprint density at radius 3 is 2.67 bits per heavy atom. The minimum absolute atomic E-state index is 0.0391. The predicted molar refractivity (Wildman–Crippen MR) is 58.0 cm³/mol. The molecule has 0 bridgehead atoms. The number of hydroxylamine groups is 2. The molecule has 8 heteroatoms. The van der Waals surface area contributed by atoms with E-state index in [9.17, 15) is 19.5 Å². The van der Waals surface area contributed by atoms with Crippen molar-refractivity contribution in [2.24, 2.45) is 0 Å². The lowest BCUT2D eigenvalue weighted by Gasteiger charge is -2.18. The maximum atomic E-state index is 11.8. The van der Waals surface area contributed by atoms with Gasteiger partial charge in [0.1, 0.15) is 18.7 Å². The molecule has 2 heterocycles. The normalized spacial score (nSPS) is 26.7. The van der Waals surface area contributed by atoms with Gasteiger partial charge in [-0.05, 0) is 13.8 Å². The highest BCUT2D eigenvalue weighted by atomic mass is 16.7. The first-order chi connectivity index (χ1) is 8.31. The smallest absolute Gasteiger partial charge is 0.325 e. The Bertz CT molecular complexity index is 408. The zero-order valence-corrected chi connectivity index (χ0v) is 10.2. The molecule has 2 aliphatic heterocycles. The third-order valence-corrected chi connectivity index (χ3v) is 2.82. The van der Waals surface area contributed by atoms with Crippen LogP contribution in [0.15, 0.2) is 0 Å². The van der Waals surface area contributed by atoms with Crippen molar-refractivity contribution in [2.45, 2.75) is 25.5 Å². The van der Waals surface area contributed by atoms with Crippen molar-refractivity contribution >= 4 is 17.8 Å². The first-order valence-electron chi connectivity index (χ1n) is 5.57. The topological polar surface area (TPSA) is 99.2 Å². The van der Waals surface area contributed by atoms with Gasteiger partial charge in [0.05, 0.1) is 12.6 Å². The zero-order chi connectivity index (χ0) is 13.5. The molecular formula is C10H15N3O5. The van der Waals surface area contributed by atoms with E-state index >= 15 is 0 Å². The molecular weight excluding hydrogens is 242 g/mol. The maximum absolute atomic E-state index is 11.8. The molecule has 4 amide bonds. The van der Waals surface area contributed by atoms with Crippen LogP contribution in [0, 0.1) is 0 Å². The Morgan fingerprint density at radius 1 is 1.56 bits per heavy atom. The van der Waals surface area contributed by atoms with Crippen LogP contribution in [0.1, 0.15) is 13.8 Å². The van der Waals surface area contributed by atoms with Crippen LogP contribution in [0.5, 0.6) is 0 Å². The van der Waals surface area contributed by atoms with Crippen LogP contribution in [0.25, 0.3) is 0 Å². The summed E-state index contributed by atoms with van der Waals surface area (Å²) in [6.07, 6.45) is -0.728. The number of amides is 4. The Kier molecular flexibility index (Phi) is 2.99. The highest BCUT2D eigenvalue weighted by molar-refractivity contribution is 6.08. The maximum Gasteiger partial charge on any atom is 0.325 e. The first-order valence-corrected chi connectivity index (χ1v) is 5.57. The number of hydrogen-bond acceptors (Lipinski definition) is 5. The fourth-order valence-corrected chi connectivity index (χ4v) is 1.82. The summed E-state index contributed by atoms with van der Waals surface area (Å²) in [5.41, 5.74) is -0.997. The molecule has 0 radical (unpaired) electrons. The van der Waals surface area contributed by atoms with Gasteiger partial charge >= 0.3 is 6.03 Å². The fraction of sp³-hybridized carbons (Fsp3) is 0.700. The summed E-state index contributed by atoms with van der Waals surface area (Å²) in [5.74, 6) is -0.992. The number of hydrogen-bond donors (Lipinski definition) is 2. The highest BCUT2D eigenvalue weighted by Crippen LogP contribution is 2.17. The monoisotopic (exact) mass is 257 g/mol. The lowest BCUT2D eigenvalue weighted by Crippen LogP contribution is -2.43. The summed E-state index contributed by atoms with van der Waals surface area (Å²) in [7, 11) is 0. The molecule has 2 N–H and O–H groups in total. The second kappa shape index (κ2) is 4.21. The van der Waals surface area contributed by atoms with Crippen LogP contribution in [0.4, 0.5) is 4.79 Å². The van der Waals surface area contributed by atoms with Crippen molar-refractivity contribution in [1.82, 2.24) is 15.3 Å². The van der Waals surface area contributed by atoms with E-state index in [1.165, 1.54) is 0 Å². The molecule has 0 aromatic rings. The van der Waals surface area contributed by atoms with Crippen molar-refractivity contribution in [3.63, 3.8) is 0 Å². The summed E-state index contributed by atoms with van der Waals surface area (Å²) < 4.78 is 0. The Morgan fingerprint density at radius 2 is 2.22 bits per heavy atom. The zero-order valence-electron chi connectivity index (χ0n) is 10.2. The summed E-state index contributed by atoms with van der Waals surface area (Å²) in [4.78, 5) is 40.9. The van der Waals surface area contributed by atoms with Crippen LogP contribution in [0.3, 0.4) is 0 Å². The SMILES string of the molecule is CC1(C)NC(=O)N(CC(=O)N2C[C@@H](O)CO2)C1=O. The molecule has 0 aliphatic carbocycles. The molecule has 2 rings (SSSR count). The van der Waals surface area contributed by atoms with Crippen LogP contribution >= 0.6 is 0 Å². The Labute approximate surface area is 103 Å². The Balaban J connectivity index is 2.00. The van der Waals surface area contributed by atoms with Gasteiger partial charge in [-0.1, -0.05) is 0 Å². The van der Waals surface area contributed by atoms with Gasteiger partial charge in [0, 0.05) is 0 Å². The van der Waals surface area contributed by atoms with E-state index in [4.69, 9.17) is 4.84 Å². The number of rotatable bonds is 2. The number of nitrogens with zero attached hydrogens (tertiary/aromatic N) is 2. The number of aliphatic hydroxyl groups excluding tert-OH is 1. The highest BCUT2D eigenvalue weighted by Gasteiger charge is 2.45.